The summed E-state index contributed by atoms with van der Waals surface area (Å²) in [7, 11) is 0. The second-order valence-corrected chi connectivity index (χ2v) is 17.6. The van der Waals surface area contributed by atoms with Crippen LogP contribution < -0.4 is 5.32 Å². The molecule has 0 aliphatic heterocycles. The van der Waals surface area contributed by atoms with Crippen molar-refractivity contribution in [3.05, 3.63) is 0 Å². The zero-order valence-corrected chi connectivity index (χ0v) is 38.0. The first-order valence-electron chi connectivity index (χ1n) is 25.3. The molecule has 0 aliphatic rings. The van der Waals surface area contributed by atoms with Crippen LogP contribution in [0.2, 0.25) is 0 Å². The molecular formula is C50H99NO5. The molecule has 0 aromatic heterocycles. The molecule has 0 fully saturated rings. The van der Waals surface area contributed by atoms with Crippen molar-refractivity contribution in [3.8, 4) is 0 Å². The lowest BCUT2D eigenvalue weighted by molar-refractivity contribution is -0.151. The first-order chi connectivity index (χ1) is 27.5. The van der Waals surface area contributed by atoms with Crippen molar-refractivity contribution in [1.29, 1.82) is 0 Å². The van der Waals surface area contributed by atoms with E-state index in [4.69, 9.17) is 4.74 Å². The van der Waals surface area contributed by atoms with Gasteiger partial charge in [0.2, 0.25) is 5.91 Å². The van der Waals surface area contributed by atoms with Crippen molar-refractivity contribution in [1.82, 2.24) is 5.32 Å². The third-order valence-corrected chi connectivity index (χ3v) is 11.9. The van der Waals surface area contributed by atoms with Gasteiger partial charge in [0.25, 0.3) is 0 Å². The molecule has 3 unspecified atom stereocenters. The smallest absolute Gasteiger partial charge is 0.306 e. The van der Waals surface area contributed by atoms with Crippen LogP contribution in [0.3, 0.4) is 0 Å². The van der Waals surface area contributed by atoms with Gasteiger partial charge in [0.15, 0.2) is 0 Å². The third-order valence-electron chi connectivity index (χ3n) is 11.9. The summed E-state index contributed by atoms with van der Waals surface area (Å²) in [4.78, 5) is 26.0. The van der Waals surface area contributed by atoms with Crippen molar-refractivity contribution in [2.45, 2.75) is 302 Å². The van der Waals surface area contributed by atoms with Crippen LogP contribution in [0.5, 0.6) is 0 Å². The van der Waals surface area contributed by atoms with Crippen molar-refractivity contribution in [3.63, 3.8) is 0 Å². The number of amides is 1. The summed E-state index contributed by atoms with van der Waals surface area (Å²) in [5.74, 6) is -0.454. The number of rotatable bonds is 46. The summed E-state index contributed by atoms with van der Waals surface area (Å²) in [5.41, 5.74) is 0. The second kappa shape index (κ2) is 45.0. The summed E-state index contributed by atoms with van der Waals surface area (Å²) < 4.78 is 5.93. The van der Waals surface area contributed by atoms with Crippen LogP contribution in [0.15, 0.2) is 0 Å². The minimum atomic E-state index is -0.777. The molecule has 0 aromatic rings. The Morgan fingerprint density at radius 1 is 0.446 bits per heavy atom. The normalized spacial score (nSPS) is 13.2. The topological polar surface area (TPSA) is 95.9 Å². The fourth-order valence-electron chi connectivity index (χ4n) is 8.08. The lowest BCUT2D eigenvalue weighted by Gasteiger charge is -2.24. The second-order valence-electron chi connectivity index (χ2n) is 17.6. The SMILES string of the molecule is CCCCCCCCCCCCCCCCCCCC(=O)OC(CCCCCCCCCCCCC)CC(=O)NC(CO)C(O)CCCCCCCCCCC. The Kier molecular flexibility index (Phi) is 44.0. The molecule has 6 heteroatoms. The van der Waals surface area contributed by atoms with Crippen LogP contribution in [-0.2, 0) is 14.3 Å². The van der Waals surface area contributed by atoms with Gasteiger partial charge in [0.05, 0.1) is 25.2 Å². The maximum Gasteiger partial charge on any atom is 0.306 e. The molecule has 56 heavy (non-hydrogen) atoms. The van der Waals surface area contributed by atoms with Crippen LogP contribution in [0.25, 0.3) is 0 Å². The number of hydrogen-bond donors (Lipinski definition) is 3. The van der Waals surface area contributed by atoms with Gasteiger partial charge in [0.1, 0.15) is 6.10 Å². The minimum absolute atomic E-state index is 0.0871. The molecule has 0 bridgehead atoms. The van der Waals surface area contributed by atoms with Gasteiger partial charge in [-0.2, -0.15) is 0 Å². The van der Waals surface area contributed by atoms with E-state index >= 15 is 0 Å². The number of unbranched alkanes of at least 4 members (excludes halogenated alkanes) is 34. The van der Waals surface area contributed by atoms with E-state index in [1.54, 1.807) is 0 Å². The Balaban J connectivity index is 4.44. The Morgan fingerprint density at radius 2 is 0.750 bits per heavy atom. The summed E-state index contributed by atoms with van der Waals surface area (Å²) in [6.07, 6.45) is 47.4. The molecule has 0 saturated heterocycles. The molecule has 0 spiro atoms. The van der Waals surface area contributed by atoms with Gasteiger partial charge >= 0.3 is 5.97 Å². The van der Waals surface area contributed by atoms with Gasteiger partial charge < -0.3 is 20.3 Å². The van der Waals surface area contributed by atoms with Gasteiger partial charge in [-0.3, -0.25) is 9.59 Å². The lowest BCUT2D eigenvalue weighted by Crippen LogP contribution is -2.46. The fraction of sp³-hybridized carbons (Fsp3) is 0.960. The van der Waals surface area contributed by atoms with E-state index in [9.17, 15) is 19.8 Å². The van der Waals surface area contributed by atoms with Gasteiger partial charge in [-0.05, 0) is 25.7 Å². The highest BCUT2D eigenvalue weighted by Gasteiger charge is 2.24. The summed E-state index contributed by atoms with van der Waals surface area (Å²) in [6, 6.07) is -0.690. The quantitative estimate of drug-likeness (QED) is 0.0421. The van der Waals surface area contributed by atoms with Gasteiger partial charge in [-0.1, -0.05) is 245 Å². The number of carbonyl (C=O) groups is 2. The molecule has 3 atom stereocenters. The number of ether oxygens (including phenoxy) is 1. The Hall–Kier alpha value is -1.14. The highest BCUT2D eigenvalue weighted by Crippen LogP contribution is 2.19. The standard InChI is InChI=1S/C50H99NO5/c1-4-7-10-13-16-19-21-22-23-24-25-26-28-31-34-37-40-43-50(55)56-46(41-38-35-32-30-27-20-17-14-11-8-5-2)44-49(54)51-47(45-52)48(53)42-39-36-33-29-18-15-12-9-6-3/h46-48,52-53H,4-45H2,1-3H3,(H,51,54). The molecule has 1 amide bonds. The first-order valence-corrected chi connectivity index (χ1v) is 25.3. The third kappa shape index (κ3) is 39.7. The van der Waals surface area contributed by atoms with Crippen molar-refractivity contribution in [2.24, 2.45) is 0 Å². The van der Waals surface area contributed by atoms with Crippen molar-refractivity contribution in [2.75, 3.05) is 6.61 Å². The van der Waals surface area contributed by atoms with Crippen LogP contribution in [0.4, 0.5) is 0 Å². The number of nitrogens with one attached hydrogen (secondary N) is 1. The van der Waals surface area contributed by atoms with E-state index in [1.807, 2.05) is 0 Å². The summed E-state index contributed by atoms with van der Waals surface area (Å²) >= 11 is 0. The van der Waals surface area contributed by atoms with Crippen LogP contribution in [0.1, 0.15) is 284 Å². The molecule has 3 N–H and O–H groups in total. The molecule has 0 aliphatic carbocycles. The maximum atomic E-state index is 13.1. The predicted octanol–water partition coefficient (Wildman–Crippen LogP) is 14.8. The van der Waals surface area contributed by atoms with Crippen LogP contribution in [0, 0.1) is 0 Å². The van der Waals surface area contributed by atoms with E-state index in [2.05, 4.69) is 26.1 Å². The molecule has 0 heterocycles. The van der Waals surface area contributed by atoms with E-state index in [0.29, 0.717) is 19.3 Å². The van der Waals surface area contributed by atoms with Gasteiger partial charge in [-0.15, -0.1) is 0 Å². The molecule has 0 radical (unpaired) electrons. The molecular weight excluding hydrogens is 695 g/mol. The fourth-order valence-corrected chi connectivity index (χ4v) is 8.08. The number of aliphatic hydroxyl groups excluding tert-OH is 2. The number of aliphatic hydroxyl groups is 2. The predicted molar refractivity (Wildman–Crippen MR) is 241 cm³/mol. The maximum absolute atomic E-state index is 13.1. The molecule has 0 rings (SSSR count). The molecule has 6 nitrogen and oxygen atoms in total. The van der Waals surface area contributed by atoms with E-state index in [1.165, 1.54) is 199 Å². The number of esters is 1. The average Bonchev–Trinajstić information content (AvgIpc) is 3.19. The first kappa shape index (κ1) is 54.9. The van der Waals surface area contributed by atoms with Crippen molar-refractivity contribution >= 4 is 11.9 Å². The van der Waals surface area contributed by atoms with Crippen LogP contribution in [-0.4, -0.2) is 46.9 Å². The average molecular weight is 794 g/mol. The largest absolute Gasteiger partial charge is 0.462 e. The van der Waals surface area contributed by atoms with E-state index in [0.717, 1.165) is 38.5 Å². The van der Waals surface area contributed by atoms with Crippen molar-refractivity contribution < 1.29 is 24.5 Å². The van der Waals surface area contributed by atoms with Gasteiger partial charge in [-0.25, -0.2) is 0 Å². The highest BCUT2D eigenvalue weighted by atomic mass is 16.5. The van der Waals surface area contributed by atoms with E-state index < -0.39 is 18.2 Å². The molecule has 0 saturated carbocycles. The zero-order valence-electron chi connectivity index (χ0n) is 38.0. The zero-order chi connectivity index (χ0) is 41.0. The number of hydrogen-bond acceptors (Lipinski definition) is 5. The summed E-state index contributed by atoms with van der Waals surface area (Å²) in [5, 5.41) is 23.6. The minimum Gasteiger partial charge on any atom is -0.462 e. The van der Waals surface area contributed by atoms with Gasteiger partial charge in [0, 0.05) is 6.42 Å². The van der Waals surface area contributed by atoms with E-state index in [-0.39, 0.29) is 24.9 Å². The lowest BCUT2D eigenvalue weighted by atomic mass is 10.0. The monoisotopic (exact) mass is 794 g/mol. The molecule has 0 aromatic carbocycles. The Labute approximate surface area is 349 Å². The molecule has 334 valence electrons. The number of carbonyl (C=O) groups excluding carboxylic acids is 2. The highest BCUT2D eigenvalue weighted by molar-refractivity contribution is 5.77. The summed E-state index contributed by atoms with van der Waals surface area (Å²) in [6.45, 7) is 6.48. The Morgan fingerprint density at radius 3 is 1.09 bits per heavy atom. The Bertz CT molecular complexity index is 806. The van der Waals surface area contributed by atoms with Crippen LogP contribution >= 0.6 is 0 Å².